The molecule has 1 aliphatic rings. The fourth-order valence-electron chi connectivity index (χ4n) is 2.35. The van der Waals surface area contributed by atoms with Gasteiger partial charge in [-0.2, -0.15) is 0 Å². The van der Waals surface area contributed by atoms with Gasteiger partial charge in [0.25, 0.3) is 0 Å². The second kappa shape index (κ2) is 4.72. The van der Waals surface area contributed by atoms with Crippen molar-refractivity contribution in [2.75, 3.05) is 13.1 Å². The molecule has 0 radical (unpaired) electrons. The maximum Gasteiger partial charge on any atom is 0.335 e. The van der Waals surface area contributed by atoms with Crippen LogP contribution in [0, 0.1) is 0 Å². The highest BCUT2D eigenvalue weighted by Crippen LogP contribution is 2.28. The van der Waals surface area contributed by atoms with Crippen molar-refractivity contribution >= 4 is 34.0 Å². The first kappa shape index (κ1) is 12.3. The summed E-state index contributed by atoms with van der Waals surface area (Å²) in [7, 11) is 0. The molecule has 2 aromatic rings. The van der Waals surface area contributed by atoms with Gasteiger partial charge in [-0.05, 0) is 36.7 Å². The highest BCUT2D eigenvalue weighted by molar-refractivity contribution is 6.35. The third-order valence-corrected chi connectivity index (χ3v) is 3.60. The summed E-state index contributed by atoms with van der Waals surface area (Å²) >= 11 is 6.13. The van der Waals surface area contributed by atoms with Crippen LogP contribution >= 0.6 is 11.6 Å². The molecule has 3 N–H and O–H groups in total. The molecule has 2 heterocycles. The van der Waals surface area contributed by atoms with E-state index in [4.69, 9.17) is 16.7 Å². The molecule has 1 aliphatic heterocycles. The van der Waals surface area contributed by atoms with Gasteiger partial charge in [-0.25, -0.2) is 4.79 Å². The number of aromatic carboxylic acids is 1. The average molecular weight is 277 g/mol. The fourth-order valence-corrected chi connectivity index (χ4v) is 2.62. The van der Waals surface area contributed by atoms with Gasteiger partial charge in [0.15, 0.2) is 0 Å². The van der Waals surface area contributed by atoms with E-state index in [9.17, 15) is 4.79 Å². The molecular formula is C14H13ClN2O2. The molecule has 0 atom stereocenters. The maximum absolute atomic E-state index is 11.0. The Balaban J connectivity index is 2.12. The van der Waals surface area contributed by atoms with Crippen molar-refractivity contribution in [1.82, 2.24) is 10.3 Å². The zero-order valence-corrected chi connectivity index (χ0v) is 10.9. The lowest BCUT2D eigenvalue weighted by Crippen LogP contribution is -2.21. The summed E-state index contributed by atoms with van der Waals surface area (Å²) < 4.78 is 0. The van der Waals surface area contributed by atoms with E-state index in [1.807, 2.05) is 6.07 Å². The molecule has 19 heavy (non-hydrogen) atoms. The fraction of sp³-hybridized carbons (Fsp3) is 0.214. The van der Waals surface area contributed by atoms with Crippen molar-refractivity contribution in [3.63, 3.8) is 0 Å². The van der Waals surface area contributed by atoms with Gasteiger partial charge in [0.2, 0.25) is 0 Å². The third-order valence-electron chi connectivity index (χ3n) is 3.30. The Bertz CT molecular complexity index is 688. The second-order valence-electron chi connectivity index (χ2n) is 4.61. The Morgan fingerprint density at radius 3 is 2.84 bits per heavy atom. The summed E-state index contributed by atoms with van der Waals surface area (Å²) in [4.78, 5) is 14.3. The van der Waals surface area contributed by atoms with Gasteiger partial charge in [0, 0.05) is 17.6 Å². The summed E-state index contributed by atoms with van der Waals surface area (Å²) in [5.74, 6) is -0.968. The van der Waals surface area contributed by atoms with Crippen LogP contribution in [0.25, 0.3) is 16.5 Å². The molecule has 0 amide bonds. The standard InChI is InChI=1S/C14H13ClN2O2/c15-11-5-10(14(18)19)4-9-6-12(17-13(9)11)8-2-1-3-16-7-8/h2,4-6,16-17H,1,3,7H2,(H,18,19). The minimum atomic E-state index is -0.968. The Kier molecular flexibility index (Phi) is 3.05. The normalized spacial score (nSPS) is 15.5. The monoisotopic (exact) mass is 276 g/mol. The van der Waals surface area contributed by atoms with Crippen LogP contribution in [-0.4, -0.2) is 29.1 Å². The van der Waals surface area contributed by atoms with E-state index in [2.05, 4.69) is 16.4 Å². The van der Waals surface area contributed by atoms with Gasteiger partial charge in [0.05, 0.1) is 16.1 Å². The second-order valence-corrected chi connectivity index (χ2v) is 5.01. The highest BCUT2D eigenvalue weighted by atomic mass is 35.5. The predicted molar refractivity (Wildman–Crippen MR) is 75.7 cm³/mol. The van der Waals surface area contributed by atoms with E-state index in [1.165, 1.54) is 11.6 Å². The molecular weight excluding hydrogens is 264 g/mol. The molecule has 5 heteroatoms. The van der Waals surface area contributed by atoms with E-state index in [0.717, 1.165) is 36.1 Å². The van der Waals surface area contributed by atoms with Crippen LogP contribution in [0.1, 0.15) is 22.5 Å². The van der Waals surface area contributed by atoms with Crippen molar-refractivity contribution in [3.8, 4) is 0 Å². The summed E-state index contributed by atoms with van der Waals surface area (Å²) in [6.45, 7) is 1.81. The maximum atomic E-state index is 11.0. The van der Waals surface area contributed by atoms with E-state index in [1.54, 1.807) is 6.07 Å². The highest BCUT2D eigenvalue weighted by Gasteiger charge is 2.13. The molecule has 4 nitrogen and oxygen atoms in total. The number of hydrogen-bond acceptors (Lipinski definition) is 2. The van der Waals surface area contributed by atoms with Gasteiger partial charge < -0.3 is 15.4 Å². The predicted octanol–water partition coefficient (Wildman–Crippen LogP) is 2.90. The van der Waals surface area contributed by atoms with Crippen LogP contribution < -0.4 is 5.32 Å². The van der Waals surface area contributed by atoms with E-state index in [0.29, 0.717) is 5.02 Å². The number of H-pyrrole nitrogens is 1. The number of fused-ring (bicyclic) bond motifs is 1. The first-order valence-corrected chi connectivity index (χ1v) is 6.48. The van der Waals surface area contributed by atoms with Crippen LogP contribution in [0.5, 0.6) is 0 Å². The minimum absolute atomic E-state index is 0.207. The largest absolute Gasteiger partial charge is 0.478 e. The molecule has 1 aromatic heterocycles. The van der Waals surface area contributed by atoms with Crippen LogP contribution in [0.3, 0.4) is 0 Å². The number of hydrogen-bond donors (Lipinski definition) is 3. The molecule has 0 fully saturated rings. The molecule has 0 spiro atoms. The van der Waals surface area contributed by atoms with Gasteiger partial charge in [-0.1, -0.05) is 17.7 Å². The topological polar surface area (TPSA) is 65.1 Å². The Morgan fingerprint density at radius 2 is 2.16 bits per heavy atom. The number of nitrogens with one attached hydrogen (secondary N) is 2. The van der Waals surface area contributed by atoms with Crippen molar-refractivity contribution in [2.45, 2.75) is 6.42 Å². The van der Waals surface area contributed by atoms with E-state index < -0.39 is 5.97 Å². The molecule has 0 bridgehead atoms. The van der Waals surface area contributed by atoms with Gasteiger partial charge in [-0.15, -0.1) is 0 Å². The number of benzene rings is 1. The summed E-state index contributed by atoms with van der Waals surface area (Å²) in [5.41, 5.74) is 3.17. The van der Waals surface area contributed by atoms with Gasteiger partial charge in [-0.3, -0.25) is 0 Å². The zero-order chi connectivity index (χ0) is 13.4. The molecule has 0 saturated heterocycles. The summed E-state index contributed by atoms with van der Waals surface area (Å²) in [5, 5.41) is 13.6. The Hall–Kier alpha value is -1.78. The van der Waals surface area contributed by atoms with E-state index in [-0.39, 0.29) is 5.56 Å². The number of halogens is 1. The molecule has 1 aromatic carbocycles. The lowest BCUT2D eigenvalue weighted by molar-refractivity contribution is 0.0697. The smallest absolute Gasteiger partial charge is 0.335 e. The zero-order valence-electron chi connectivity index (χ0n) is 10.2. The number of carboxylic acids is 1. The van der Waals surface area contributed by atoms with Crippen LogP contribution in [0.15, 0.2) is 24.3 Å². The van der Waals surface area contributed by atoms with Gasteiger partial charge in [0.1, 0.15) is 0 Å². The number of carbonyl (C=O) groups is 1. The number of rotatable bonds is 2. The lowest BCUT2D eigenvalue weighted by Gasteiger charge is -2.12. The Labute approximate surface area is 115 Å². The van der Waals surface area contributed by atoms with Crippen molar-refractivity contribution < 1.29 is 9.90 Å². The van der Waals surface area contributed by atoms with E-state index >= 15 is 0 Å². The molecule has 0 saturated carbocycles. The molecule has 0 unspecified atom stereocenters. The van der Waals surface area contributed by atoms with Crippen molar-refractivity contribution in [2.24, 2.45) is 0 Å². The minimum Gasteiger partial charge on any atom is -0.478 e. The molecule has 98 valence electrons. The van der Waals surface area contributed by atoms with Crippen LogP contribution in [0.4, 0.5) is 0 Å². The number of aromatic amines is 1. The average Bonchev–Trinajstić information content (AvgIpc) is 2.84. The number of aromatic nitrogens is 1. The summed E-state index contributed by atoms with van der Waals surface area (Å²) in [6, 6.07) is 5.06. The SMILES string of the molecule is O=C(O)c1cc(Cl)c2[nH]c(C3=CCCNC3)cc2c1. The van der Waals surface area contributed by atoms with Crippen molar-refractivity contribution in [3.05, 3.63) is 40.6 Å². The third kappa shape index (κ3) is 2.25. The van der Waals surface area contributed by atoms with Crippen LogP contribution in [-0.2, 0) is 0 Å². The van der Waals surface area contributed by atoms with Crippen molar-refractivity contribution in [1.29, 1.82) is 0 Å². The first-order chi connectivity index (χ1) is 9.15. The Morgan fingerprint density at radius 1 is 1.32 bits per heavy atom. The first-order valence-electron chi connectivity index (χ1n) is 6.11. The van der Waals surface area contributed by atoms with Crippen LogP contribution in [0.2, 0.25) is 5.02 Å². The molecule has 0 aliphatic carbocycles. The lowest BCUT2D eigenvalue weighted by atomic mass is 10.1. The number of carboxylic acid groups (broad SMARTS) is 1. The molecule has 3 rings (SSSR count). The van der Waals surface area contributed by atoms with Gasteiger partial charge >= 0.3 is 5.97 Å². The summed E-state index contributed by atoms with van der Waals surface area (Å²) in [6.07, 6.45) is 3.19. The quantitative estimate of drug-likeness (QED) is 0.790.